The van der Waals surface area contributed by atoms with E-state index in [0.29, 0.717) is 11.4 Å². The third-order valence-electron chi connectivity index (χ3n) is 3.93. The first-order valence-corrected chi connectivity index (χ1v) is 10.4. The maximum absolute atomic E-state index is 12.7. The van der Waals surface area contributed by atoms with Gasteiger partial charge in [0.1, 0.15) is 5.92 Å². The Labute approximate surface area is 155 Å². The molecule has 0 bridgehead atoms. The van der Waals surface area contributed by atoms with Crippen molar-refractivity contribution >= 4 is 50.7 Å². The Morgan fingerprint density at radius 2 is 1.69 bits per heavy atom. The lowest BCUT2D eigenvalue weighted by Gasteiger charge is -2.12. The van der Waals surface area contributed by atoms with Crippen LogP contribution in [0.15, 0.2) is 52.3 Å². The summed E-state index contributed by atoms with van der Waals surface area (Å²) < 4.78 is 27.8. The molecular weight excluding hydrogens is 374 g/mol. The van der Waals surface area contributed by atoms with Crippen molar-refractivity contribution in [2.45, 2.75) is 16.7 Å². The molecule has 1 heterocycles. The molecule has 2 aromatic rings. The standard InChI is InChI=1S/C17H17N3O4S2/c1-10-16(21)18-14-7-6-13(9-15(14)19-17(10)22)26(23,24)20-11-4-3-5-12(8-11)25-2/h3-10,20H,1-2H3,(H,18,21)(H,19,22). The number of hydrogen-bond donors (Lipinski definition) is 3. The number of fused-ring (bicyclic) bond motifs is 1. The van der Waals surface area contributed by atoms with Crippen LogP contribution >= 0.6 is 11.8 Å². The Kier molecular flexibility index (Phi) is 4.92. The zero-order valence-electron chi connectivity index (χ0n) is 14.1. The normalized spacial score (nSPS) is 16.9. The van der Waals surface area contributed by atoms with Crippen molar-refractivity contribution in [3.05, 3.63) is 42.5 Å². The van der Waals surface area contributed by atoms with Gasteiger partial charge in [-0.2, -0.15) is 0 Å². The van der Waals surface area contributed by atoms with Gasteiger partial charge in [0.2, 0.25) is 11.8 Å². The average Bonchev–Trinajstić information content (AvgIpc) is 2.71. The monoisotopic (exact) mass is 391 g/mol. The number of hydrogen-bond acceptors (Lipinski definition) is 5. The van der Waals surface area contributed by atoms with E-state index >= 15 is 0 Å². The molecule has 3 rings (SSSR count). The van der Waals surface area contributed by atoms with E-state index in [-0.39, 0.29) is 10.6 Å². The summed E-state index contributed by atoms with van der Waals surface area (Å²) in [4.78, 5) is 24.7. The Morgan fingerprint density at radius 1 is 1.00 bits per heavy atom. The molecule has 0 radical (unpaired) electrons. The van der Waals surface area contributed by atoms with Crippen LogP contribution in [0.5, 0.6) is 0 Å². The summed E-state index contributed by atoms with van der Waals surface area (Å²) in [5.41, 5.74) is 1.04. The first-order valence-electron chi connectivity index (χ1n) is 7.73. The Bertz CT molecular complexity index is 989. The minimum atomic E-state index is -3.85. The van der Waals surface area contributed by atoms with Gasteiger partial charge in [-0.25, -0.2) is 8.42 Å². The fraction of sp³-hybridized carbons (Fsp3) is 0.176. The lowest BCUT2D eigenvalue weighted by Crippen LogP contribution is -2.28. The van der Waals surface area contributed by atoms with E-state index in [2.05, 4.69) is 15.4 Å². The van der Waals surface area contributed by atoms with E-state index in [1.165, 1.54) is 36.9 Å². The summed E-state index contributed by atoms with van der Waals surface area (Å²) >= 11 is 1.50. The Morgan fingerprint density at radius 3 is 2.38 bits per heavy atom. The molecule has 0 saturated heterocycles. The first-order chi connectivity index (χ1) is 12.3. The number of sulfonamides is 1. The predicted octanol–water partition coefficient (Wildman–Crippen LogP) is 2.74. The highest BCUT2D eigenvalue weighted by Crippen LogP contribution is 2.30. The summed E-state index contributed by atoms with van der Waals surface area (Å²) in [7, 11) is -3.85. The fourth-order valence-corrected chi connectivity index (χ4v) is 3.94. The molecule has 9 heteroatoms. The van der Waals surface area contributed by atoms with Crippen molar-refractivity contribution in [1.29, 1.82) is 0 Å². The molecule has 2 aromatic carbocycles. The average molecular weight is 391 g/mol. The Balaban J connectivity index is 1.93. The van der Waals surface area contributed by atoms with Crippen LogP contribution in [0.3, 0.4) is 0 Å². The molecule has 0 fully saturated rings. The van der Waals surface area contributed by atoms with Gasteiger partial charge in [-0.15, -0.1) is 11.8 Å². The van der Waals surface area contributed by atoms with Gasteiger partial charge in [0.25, 0.3) is 10.0 Å². The zero-order valence-corrected chi connectivity index (χ0v) is 15.7. The third kappa shape index (κ3) is 3.68. The van der Waals surface area contributed by atoms with E-state index in [9.17, 15) is 18.0 Å². The number of amides is 2. The van der Waals surface area contributed by atoms with E-state index in [0.717, 1.165) is 4.90 Å². The van der Waals surface area contributed by atoms with Crippen molar-refractivity contribution in [3.8, 4) is 0 Å². The van der Waals surface area contributed by atoms with E-state index in [1.807, 2.05) is 12.3 Å². The molecule has 26 heavy (non-hydrogen) atoms. The predicted molar refractivity (Wildman–Crippen MR) is 102 cm³/mol. The van der Waals surface area contributed by atoms with Gasteiger partial charge in [0.05, 0.1) is 16.3 Å². The maximum Gasteiger partial charge on any atom is 0.261 e. The summed E-state index contributed by atoms with van der Waals surface area (Å²) in [5, 5.41) is 5.19. The summed E-state index contributed by atoms with van der Waals surface area (Å²) in [6.45, 7) is 1.48. The van der Waals surface area contributed by atoms with Crippen LogP contribution in [0.4, 0.5) is 17.1 Å². The van der Waals surface area contributed by atoms with Gasteiger partial charge in [0.15, 0.2) is 0 Å². The van der Waals surface area contributed by atoms with E-state index < -0.39 is 27.8 Å². The number of carbonyl (C=O) groups excluding carboxylic acids is 2. The molecular formula is C17H17N3O4S2. The number of benzene rings is 2. The van der Waals surface area contributed by atoms with Crippen LogP contribution in [-0.4, -0.2) is 26.5 Å². The molecule has 0 aromatic heterocycles. The highest BCUT2D eigenvalue weighted by Gasteiger charge is 2.27. The van der Waals surface area contributed by atoms with Gasteiger partial charge in [-0.1, -0.05) is 6.07 Å². The number of carbonyl (C=O) groups is 2. The van der Waals surface area contributed by atoms with Crippen LogP contribution < -0.4 is 15.4 Å². The lowest BCUT2D eigenvalue weighted by atomic mass is 10.1. The second kappa shape index (κ2) is 7.00. The zero-order chi connectivity index (χ0) is 18.9. The SMILES string of the molecule is CSc1cccc(NS(=O)(=O)c2ccc3c(c2)NC(=O)C(C)C(=O)N3)c1. The van der Waals surface area contributed by atoms with Gasteiger partial charge in [-0.05, 0) is 49.6 Å². The van der Waals surface area contributed by atoms with Crippen molar-refractivity contribution < 1.29 is 18.0 Å². The minimum absolute atomic E-state index is 0.0186. The Hall–Kier alpha value is -2.52. The molecule has 136 valence electrons. The second-order valence-corrected chi connectivity index (χ2v) is 8.31. The number of rotatable bonds is 4. The van der Waals surface area contributed by atoms with E-state index in [4.69, 9.17) is 0 Å². The van der Waals surface area contributed by atoms with Crippen LogP contribution in [0.1, 0.15) is 6.92 Å². The number of thioether (sulfide) groups is 1. The molecule has 3 N–H and O–H groups in total. The summed E-state index contributed by atoms with van der Waals surface area (Å²) in [5.74, 6) is -1.80. The smallest absolute Gasteiger partial charge is 0.261 e. The molecule has 1 atom stereocenters. The first kappa shape index (κ1) is 18.3. The van der Waals surface area contributed by atoms with Gasteiger partial charge >= 0.3 is 0 Å². The largest absolute Gasteiger partial charge is 0.324 e. The van der Waals surface area contributed by atoms with Crippen LogP contribution in [-0.2, 0) is 19.6 Å². The topological polar surface area (TPSA) is 104 Å². The summed E-state index contributed by atoms with van der Waals surface area (Å²) in [6.07, 6.45) is 1.90. The van der Waals surface area contributed by atoms with Crippen molar-refractivity contribution in [2.75, 3.05) is 21.6 Å². The van der Waals surface area contributed by atoms with Crippen molar-refractivity contribution in [1.82, 2.24) is 0 Å². The molecule has 1 unspecified atom stereocenters. The molecule has 1 aliphatic rings. The second-order valence-electron chi connectivity index (χ2n) is 5.75. The maximum atomic E-state index is 12.7. The quantitative estimate of drug-likeness (QED) is 0.549. The molecule has 2 amide bonds. The van der Waals surface area contributed by atoms with Gasteiger partial charge in [-0.3, -0.25) is 14.3 Å². The number of anilines is 3. The van der Waals surface area contributed by atoms with Crippen molar-refractivity contribution in [3.63, 3.8) is 0 Å². The molecule has 0 aliphatic carbocycles. The van der Waals surface area contributed by atoms with Crippen LogP contribution in [0.25, 0.3) is 0 Å². The minimum Gasteiger partial charge on any atom is -0.324 e. The summed E-state index contributed by atoms with van der Waals surface area (Å²) in [6, 6.07) is 11.2. The molecule has 0 spiro atoms. The van der Waals surface area contributed by atoms with E-state index in [1.54, 1.807) is 18.2 Å². The highest BCUT2D eigenvalue weighted by atomic mass is 32.2. The number of nitrogens with one attached hydrogen (secondary N) is 3. The molecule has 0 saturated carbocycles. The molecule has 7 nitrogen and oxygen atoms in total. The van der Waals surface area contributed by atoms with Crippen molar-refractivity contribution in [2.24, 2.45) is 5.92 Å². The highest BCUT2D eigenvalue weighted by molar-refractivity contribution is 7.98. The van der Waals surface area contributed by atoms with Crippen LogP contribution in [0.2, 0.25) is 0 Å². The van der Waals surface area contributed by atoms with Gasteiger partial charge in [0, 0.05) is 10.6 Å². The lowest BCUT2D eigenvalue weighted by molar-refractivity contribution is -0.128. The fourth-order valence-electron chi connectivity index (χ4n) is 2.40. The molecule has 1 aliphatic heterocycles. The van der Waals surface area contributed by atoms with Gasteiger partial charge < -0.3 is 10.6 Å². The van der Waals surface area contributed by atoms with Crippen LogP contribution in [0, 0.1) is 5.92 Å². The third-order valence-corrected chi connectivity index (χ3v) is 6.03.